The third-order valence-electron chi connectivity index (χ3n) is 5.37. The van der Waals surface area contributed by atoms with Gasteiger partial charge in [0.25, 0.3) is 0 Å². The molecule has 26 heavy (non-hydrogen) atoms. The molecule has 3 heteroatoms. The van der Waals surface area contributed by atoms with Crippen LogP contribution in [-0.2, 0) is 12.8 Å². The molecule has 1 unspecified atom stereocenters. The summed E-state index contributed by atoms with van der Waals surface area (Å²) in [5.74, 6) is 0.855. The Balaban J connectivity index is 1.59. The summed E-state index contributed by atoms with van der Waals surface area (Å²) >= 11 is 0. The highest BCUT2D eigenvalue weighted by Gasteiger charge is 2.24. The molecule has 1 atom stereocenters. The minimum atomic E-state index is 0.443. The van der Waals surface area contributed by atoms with E-state index in [4.69, 9.17) is 4.74 Å². The second kappa shape index (κ2) is 7.30. The summed E-state index contributed by atoms with van der Waals surface area (Å²) in [5.41, 5.74) is 6.48. The van der Waals surface area contributed by atoms with E-state index in [1.807, 2.05) is 12.3 Å². The predicted molar refractivity (Wildman–Crippen MR) is 105 cm³/mol. The van der Waals surface area contributed by atoms with Crippen molar-refractivity contribution < 1.29 is 4.74 Å². The van der Waals surface area contributed by atoms with Gasteiger partial charge < -0.3 is 4.74 Å². The van der Waals surface area contributed by atoms with Crippen LogP contribution in [0.1, 0.15) is 22.7 Å². The van der Waals surface area contributed by atoms with Crippen molar-refractivity contribution in [3.63, 3.8) is 0 Å². The second-order valence-electron chi connectivity index (χ2n) is 6.92. The van der Waals surface area contributed by atoms with E-state index in [0.29, 0.717) is 6.04 Å². The molecule has 4 rings (SSSR count). The Kier molecular flexibility index (Phi) is 4.72. The predicted octanol–water partition coefficient (Wildman–Crippen LogP) is 4.53. The van der Waals surface area contributed by atoms with Crippen molar-refractivity contribution in [3.05, 3.63) is 83.7 Å². The second-order valence-corrected chi connectivity index (χ2v) is 6.92. The molecule has 0 aliphatic carbocycles. The van der Waals surface area contributed by atoms with Crippen molar-refractivity contribution in [1.82, 2.24) is 9.88 Å². The maximum Gasteiger partial charge on any atom is 0.129 e. The zero-order valence-corrected chi connectivity index (χ0v) is 15.4. The molecular weight excluding hydrogens is 320 g/mol. The van der Waals surface area contributed by atoms with Crippen LogP contribution in [0.2, 0.25) is 0 Å². The molecule has 0 saturated heterocycles. The van der Waals surface area contributed by atoms with E-state index in [-0.39, 0.29) is 0 Å². The number of aromatic nitrogens is 1. The minimum Gasteiger partial charge on any atom is -0.496 e. The SMILES string of the molecule is COc1ccncc1-c1ccc(CC2c3ccccc3CCN2C)cc1. The summed E-state index contributed by atoms with van der Waals surface area (Å²) in [5, 5.41) is 0. The van der Waals surface area contributed by atoms with Crippen LogP contribution in [0.3, 0.4) is 0 Å². The fourth-order valence-electron chi connectivity index (χ4n) is 3.86. The van der Waals surface area contributed by atoms with Crippen LogP contribution in [-0.4, -0.2) is 30.6 Å². The van der Waals surface area contributed by atoms with Gasteiger partial charge in [0.15, 0.2) is 0 Å². The van der Waals surface area contributed by atoms with Crippen LogP contribution >= 0.6 is 0 Å². The van der Waals surface area contributed by atoms with Crippen molar-refractivity contribution in [1.29, 1.82) is 0 Å². The molecule has 0 saturated carbocycles. The van der Waals surface area contributed by atoms with Crippen molar-refractivity contribution >= 4 is 0 Å². The lowest BCUT2D eigenvalue weighted by Crippen LogP contribution is -2.33. The van der Waals surface area contributed by atoms with Crippen molar-refractivity contribution in [3.8, 4) is 16.9 Å². The Morgan fingerprint density at radius 2 is 1.88 bits per heavy atom. The average Bonchev–Trinajstić information content (AvgIpc) is 2.70. The maximum atomic E-state index is 5.46. The Morgan fingerprint density at radius 1 is 1.08 bits per heavy atom. The number of hydrogen-bond acceptors (Lipinski definition) is 3. The average molecular weight is 344 g/mol. The van der Waals surface area contributed by atoms with Crippen molar-refractivity contribution in [2.75, 3.05) is 20.7 Å². The van der Waals surface area contributed by atoms with Gasteiger partial charge in [-0.3, -0.25) is 9.88 Å². The van der Waals surface area contributed by atoms with Crippen molar-refractivity contribution in [2.24, 2.45) is 0 Å². The number of pyridine rings is 1. The molecule has 0 radical (unpaired) electrons. The van der Waals surface area contributed by atoms with Crippen molar-refractivity contribution in [2.45, 2.75) is 18.9 Å². The summed E-state index contributed by atoms with van der Waals surface area (Å²) < 4.78 is 5.46. The number of hydrogen-bond donors (Lipinski definition) is 0. The van der Waals surface area contributed by atoms with E-state index < -0.39 is 0 Å². The molecule has 1 aromatic heterocycles. The first kappa shape index (κ1) is 16.8. The number of ether oxygens (including phenoxy) is 1. The number of nitrogens with zero attached hydrogens (tertiary/aromatic N) is 2. The standard InChI is InChI=1S/C23H24N2O/c1-25-14-12-18-5-3-4-6-20(18)22(25)15-17-7-9-19(10-8-17)21-16-24-13-11-23(21)26-2/h3-11,13,16,22H,12,14-15H2,1-2H3. The highest BCUT2D eigenvalue weighted by molar-refractivity contribution is 5.69. The van der Waals surface area contributed by atoms with Gasteiger partial charge in [0, 0.05) is 30.5 Å². The molecule has 132 valence electrons. The van der Waals surface area contributed by atoms with E-state index >= 15 is 0 Å². The van der Waals surface area contributed by atoms with E-state index in [2.05, 4.69) is 65.5 Å². The Hall–Kier alpha value is -2.65. The lowest BCUT2D eigenvalue weighted by atomic mass is 9.89. The fourth-order valence-corrected chi connectivity index (χ4v) is 3.86. The quantitative estimate of drug-likeness (QED) is 0.695. The Morgan fingerprint density at radius 3 is 2.69 bits per heavy atom. The van der Waals surface area contributed by atoms with Gasteiger partial charge in [-0.2, -0.15) is 0 Å². The topological polar surface area (TPSA) is 25.4 Å². The van der Waals surface area contributed by atoms with E-state index in [9.17, 15) is 0 Å². The summed E-state index contributed by atoms with van der Waals surface area (Å²) in [6, 6.07) is 20.0. The molecule has 1 aliphatic rings. The number of methoxy groups -OCH3 is 1. The van der Waals surface area contributed by atoms with Gasteiger partial charge in [0.05, 0.1) is 7.11 Å². The van der Waals surface area contributed by atoms with Crippen LogP contribution < -0.4 is 4.74 Å². The Labute approximate surface area is 155 Å². The lowest BCUT2D eigenvalue weighted by Gasteiger charge is -2.34. The molecule has 0 fully saturated rings. The number of rotatable bonds is 4. The smallest absolute Gasteiger partial charge is 0.129 e. The van der Waals surface area contributed by atoms with Crippen LogP contribution in [0.15, 0.2) is 67.0 Å². The molecule has 2 heterocycles. The summed E-state index contributed by atoms with van der Waals surface area (Å²) in [4.78, 5) is 6.71. The first-order valence-electron chi connectivity index (χ1n) is 9.11. The largest absolute Gasteiger partial charge is 0.496 e. The molecule has 1 aliphatic heterocycles. The normalized spacial score (nSPS) is 16.9. The van der Waals surface area contributed by atoms with Gasteiger partial charge in [0.1, 0.15) is 5.75 Å². The Bertz CT molecular complexity index is 889. The summed E-state index contributed by atoms with van der Waals surface area (Å²) in [7, 11) is 3.93. The third-order valence-corrected chi connectivity index (χ3v) is 5.37. The number of fused-ring (bicyclic) bond motifs is 1. The highest BCUT2D eigenvalue weighted by Crippen LogP contribution is 2.33. The molecule has 0 spiro atoms. The molecule has 3 aromatic rings. The molecule has 0 bridgehead atoms. The van der Waals surface area contributed by atoms with Gasteiger partial charge in [-0.25, -0.2) is 0 Å². The first-order chi connectivity index (χ1) is 12.8. The van der Waals surface area contributed by atoms with Crippen LogP contribution in [0.5, 0.6) is 5.75 Å². The first-order valence-corrected chi connectivity index (χ1v) is 9.11. The lowest BCUT2D eigenvalue weighted by molar-refractivity contribution is 0.229. The van der Waals surface area contributed by atoms with Crippen LogP contribution in [0.4, 0.5) is 0 Å². The summed E-state index contributed by atoms with van der Waals surface area (Å²) in [6.07, 6.45) is 5.78. The van der Waals surface area contributed by atoms with Crippen LogP contribution in [0.25, 0.3) is 11.1 Å². The fraction of sp³-hybridized carbons (Fsp3) is 0.261. The molecular formula is C23H24N2O. The number of likely N-dealkylation sites (N-methyl/N-ethyl adjacent to an activating group) is 1. The molecule has 2 aromatic carbocycles. The van der Waals surface area contributed by atoms with Gasteiger partial charge >= 0.3 is 0 Å². The molecule has 3 nitrogen and oxygen atoms in total. The van der Waals surface area contributed by atoms with Gasteiger partial charge in [0.2, 0.25) is 0 Å². The van der Waals surface area contributed by atoms with E-state index in [1.165, 1.54) is 16.7 Å². The van der Waals surface area contributed by atoms with Gasteiger partial charge in [-0.15, -0.1) is 0 Å². The zero-order chi connectivity index (χ0) is 17.9. The van der Waals surface area contributed by atoms with E-state index in [1.54, 1.807) is 13.3 Å². The number of benzene rings is 2. The van der Waals surface area contributed by atoms with E-state index in [0.717, 1.165) is 36.3 Å². The zero-order valence-electron chi connectivity index (χ0n) is 15.4. The van der Waals surface area contributed by atoms with Gasteiger partial charge in [-0.1, -0.05) is 48.5 Å². The highest BCUT2D eigenvalue weighted by atomic mass is 16.5. The van der Waals surface area contributed by atoms with Crippen LogP contribution in [0, 0.1) is 0 Å². The summed E-state index contributed by atoms with van der Waals surface area (Å²) in [6.45, 7) is 1.12. The third kappa shape index (κ3) is 3.23. The minimum absolute atomic E-state index is 0.443. The monoisotopic (exact) mass is 344 g/mol. The maximum absolute atomic E-state index is 5.46. The molecule has 0 amide bonds. The molecule has 0 N–H and O–H groups in total. The van der Waals surface area contributed by atoms with Gasteiger partial charge in [-0.05, 0) is 48.2 Å².